The molecule has 0 saturated heterocycles. The molecule has 2 amide bonds. The van der Waals surface area contributed by atoms with Gasteiger partial charge in [-0.25, -0.2) is 23.5 Å². The lowest BCUT2D eigenvalue weighted by atomic mass is 9.69. The predicted molar refractivity (Wildman–Crippen MR) is 145 cm³/mol. The molecule has 1 aliphatic rings. The number of nitrogens with one attached hydrogen (secondary N) is 2. The van der Waals surface area contributed by atoms with Crippen LogP contribution in [0.4, 0.5) is 19.3 Å². The molecule has 2 atom stereocenters. The number of carbonyl (C=O) groups is 1. The maximum absolute atomic E-state index is 14.2. The first-order chi connectivity index (χ1) is 18.0. The largest absolute Gasteiger partial charge is 0.391 e. The number of hydrogen-bond donors (Lipinski definition) is 3. The highest BCUT2D eigenvalue weighted by atomic mass is 32.1. The molecule has 1 aliphatic carbocycles. The molecule has 0 aliphatic heterocycles. The Morgan fingerprint density at radius 2 is 1.79 bits per heavy atom. The number of amides is 2. The molecule has 2 aromatic heterocycles. The maximum atomic E-state index is 14.2. The number of halogens is 2. The SMILES string of the molecule is Cc1ncc(-c2nc(-c3ccccc3)c(NC(=O)NC3c4cc(F)c(F)cc4C(C)(C)C[C@H]3O)cc2C)s1. The predicted octanol–water partition coefficient (Wildman–Crippen LogP) is 6.67. The summed E-state index contributed by atoms with van der Waals surface area (Å²) in [4.78, 5) is 23.4. The Labute approximate surface area is 223 Å². The van der Waals surface area contributed by atoms with E-state index in [0.29, 0.717) is 22.5 Å². The van der Waals surface area contributed by atoms with Crippen LogP contribution in [0.5, 0.6) is 0 Å². The van der Waals surface area contributed by atoms with Gasteiger partial charge >= 0.3 is 6.03 Å². The standard InChI is InChI=1S/C29H28F2N4O2S/c1-15-10-22(26(17-8-6-5-7-9-17)34-25(15)24-14-32-16(2)38-24)33-28(37)35-27-18-11-20(30)21(31)12-19(18)29(3,4)13-23(27)36/h5-12,14,23,27,36H,13H2,1-4H3,(H2,33,35,37)/t23-,27?/m1/s1. The average Bonchev–Trinajstić information content (AvgIpc) is 3.29. The summed E-state index contributed by atoms with van der Waals surface area (Å²) in [5, 5.41) is 17.5. The van der Waals surface area contributed by atoms with E-state index in [9.17, 15) is 18.7 Å². The summed E-state index contributed by atoms with van der Waals surface area (Å²) >= 11 is 1.54. The second-order valence-electron chi connectivity index (χ2n) is 10.2. The van der Waals surface area contributed by atoms with Crippen LogP contribution in [0, 0.1) is 25.5 Å². The molecule has 1 unspecified atom stereocenters. The molecule has 3 N–H and O–H groups in total. The van der Waals surface area contributed by atoms with Crippen molar-refractivity contribution in [1.82, 2.24) is 15.3 Å². The zero-order valence-corrected chi connectivity index (χ0v) is 22.3. The monoisotopic (exact) mass is 534 g/mol. The summed E-state index contributed by atoms with van der Waals surface area (Å²) in [6, 6.07) is 12.1. The van der Waals surface area contributed by atoms with Crippen LogP contribution in [0.25, 0.3) is 21.8 Å². The molecular weight excluding hydrogens is 506 g/mol. The molecule has 0 saturated carbocycles. The van der Waals surface area contributed by atoms with E-state index in [0.717, 1.165) is 38.8 Å². The number of nitrogens with zero attached hydrogens (tertiary/aromatic N) is 2. The highest BCUT2D eigenvalue weighted by Crippen LogP contribution is 2.43. The molecule has 2 heterocycles. The van der Waals surface area contributed by atoms with Crippen LogP contribution in [0.1, 0.15) is 48.0 Å². The van der Waals surface area contributed by atoms with Gasteiger partial charge in [-0.15, -0.1) is 11.3 Å². The van der Waals surface area contributed by atoms with E-state index in [1.54, 1.807) is 6.20 Å². The second kappa shape index (κ2) is 9.89. The fourth-order valence-corrected chi connectivity index (χ4v) is 5.91. The minimum atomic E-state index is -1.03. The van der Waals surface area contributed by atoms with Crippen molar-refractivity contribution in [2.75, 3.05) is 5.32 Å². The Hall–Kier alpha value is -3.69. The van der Waals surface area contributed by atoms with E-state index in [2.05, 4.69) is 15.6 Å². The van der Waals surface area contributed by atoms with Gasteiger partial charge in [0.2, 0.25) is 0 Å². The first-order valence-electron chi connectivity index (χ1n) is 12.3. The van der Waals surface area contributed by atoms with Gasteiger partial charge in [0.25, 0.3) is 0 Å². The molecule has 6 nitrogen and oxygen atoms in total. The fourth-order valence-electron chi connectivity index (χ4n) is 5.08. The van der Waals surface area contributed by atoms with Gasteiger partial charge in [0, 0.05) is 11.8 Å². The Morgan fingerprint density at radius 1 is 1.08 bits per heavy atom. The highest BCUT2D eigenvalue weighted by molar-refractivity contribution is 7.15. The third kappa shape index (κ3) is 4.91. The van der Waals surface area contributed by atoms with Gasteiger partial charge in [0.15, 0.2) is 11.6 Å². The fraction of sp³-hybridized carbons (Fsp3) is 0.276. The van der Waals surface area contributed by atoms with Gasteiger partial charge in [0.05, 0.1) is 39.1 Å². The third-order valence-corrected chi connectivity index (χ3v) is 7.83. The van der Waals surface area contributed by atoms with Crippen LogP contribution >= 0.6 is 11.3 Å². The van der Waals surface area contributed by atoms with E-state index in [-0.39, 0.29) is 6.42 Å². The van der Waals surface area contributed by atoms with E-state index < -0.39 is 35.2 Å². The Morgan fingerprint density at radius 3 is 2.47 bits per heavy atom. The quantitative estimate of drug-likeness (QED) is 0.273. The van der Waals surface area contributed by atoms with Crippen molar-refractivity contribution in [3.8, 4) is 21.8 Å². The van der Waals surface area contributed by atoms with E-state index in [1.165, 1.54) is 11.3 Å². The highest BCUT2D eigenvalue weighted by Gasteiger charge is 2.40. The van der Waals surface area contributed by atoms with Gasteiger partial charge in [-0.05, 0) is 60.6 Å². The van der Waals surface area contributed by atoms with Crippen LogP contribution in [-0.4, -0.2) is 27.2 Å². The molecule has 38 heavy (non-hydrogen) atoms. The minimum absolute atomic E-state index is 0.273. The number of hydrogen-bond acceptors (Lipinski definition) is 5. The molecule has 0 spiro atoms. The second-order valence-corrected chi connectivity index (χ2v) is 11.5. The van der Waals surface area contributed by atoms with Crippen molar-refractivity contribution in [2.45, 2.75) is 51.7 Å². The van der Waals surface area contributed by atoms with E-state index in [1.807, 2.05) is 64.1 Å². The summed E-state index contributed by atoms with van der Waals surface area (Å²) in [7, 11) is 0. The molecule has 2 aromatic carbocycles. The summed E-state index contributed by atoms with van der Waals surface area (Å²) in [5.41, 5.74) is 3.81. The lowest BCUT2D eigenvalue weighted by Gasteiger charge is -2.40. The van der Waals surface area contributed by atoms with Gasteiger partial charge in [-0.3, -0.25) is 0 Å². The number of aliphatic hydroxyl groups excluding tert-OH is 1. The van der Waals surface area contributed by atoms with Gasteiger partial charge < -0.3 is 15.7 Å². The average molecular weight is 535 g/mol. The number of aryl methyl sites for hydroxylation is 2. The van der Waals surface area contributed by atoms with Crippen molar-refractivity contribution in [2.24, 2.45) is 0 Å². The number of anilines is 1. The number of rotatable bonds is 4. The molecule has 0 bridgehead atoms. The number of fused-ring (bicyclic) bond motifs is 1. The Kier molecular flexibility index (Phi) is 6.75. The van der Waals surface area contributed by atoms with Crippen LogP contribution in [0.3, 0.4) is 0 Å². The van der Waals surface area contributed by atoms with Crippen LogP contribution < -0.4 is 10.6 Å². The topological polar surface area (TPSA) is 87.1 Å². The number of aromatic nitrogens is 2. The molecule has 4 aromatic rings. The summed E-state index contributed by atoms with van der Waals surface area (Å²) < 4.78 is 28.3. The van der Waals surface area contributed by atoms with Crippen molar-refractivity contribution < 1.29 is 18.7 Å². The van der Waals surface area contributed by atoms with Crippen molar-refractivity contribution in [3.63, 3.8) is 0 Å². The Bertz CT molecular complexity index is 1520. The smallest absolute Gasteiger partial charge is 0.319 e. The zero-order chi connectivity index (χ0) is 27.2. The summed E-state index contributed by atoms with van der Waals surface area (Å²) in [6.45, 7) is 7.56. The van der Waals surface area contributed by atoms with Crippen molar-refractivity contribution >= 4 is 23.1 Å². The third-order valence-electron chi connectivity index (χ3n) is 6.91. The number of urea groups is 1. The lowest BCUT2D eigenvalue weighted by Crippen LogP contribution is -2.45. The number of carbonyl (C=O) groups excluding carboxylic acids is 1. The van der Waals surface area contributed by atoms with Crippen LogP contribution in [-0.2, 0) is 5.41 Å². The maximum Gasteiger partial charge on any atom is 0.319 e. The molecule has 196 valence electrons. The van der Waals surface area contributed by atoms with Gasteiger partial charge in [0.1, 0.15) is 0 Å². The first-order valence-corrected chi connectivity index (χ1v) is 13.1. The van der Waals surface area contributed by atoms with Crippen LogP contribution in [0.15, 0.2) is 54.7 Å². The van der Waals surface area contributed by atoms with E-state index >= 15 is 0 Å². The molecule has 5 rings (SSSR count). The first kappa shape index (κ1) is 25.9. The number of thiazole rings is 1. The molecule has 0 fully saturated rings. The molecule has 9 heteroatoms. The van der Waals surface area contributed by atoms with E-state index in [4.69, 9.17) is 4.98 Å². The van der Waals surface area contributed by atoms with Gasteiger partial charge in [-0.2, -0.15) is 0 Å². The van der Waals surface area contributed by atoms with Crippen LogP contribution in [0.2, 0.25) is 0 Å². The summed E-state index contributed by atoms with van der Waals surface area (Å²) in [5.74, 6) is -1.98. The minimum Gasteiger partial charge on any atom is -0.391 e. The summed E-state index contributed by atoms with van der Waals surface area (Å²) in [6.07, 6.45) is 1.07. The number of aliphatic hydroxyl groups is 1. The number of benzene rings is 2. The number of pyridine rings is 1. The Balaban J connectivity index is 1.49. The van der Waals surface area contributed by atoms with Crippen molar-refractivity contribution in [1.29, 1.82) is 0 Å². The zero-order valence-electron chi connectivity index (χ0n) is 21.5. The molecular formula is C29H28F2N4O2S. The normalized spacial score (nSPS) is 18.1. The molecule has 0 radical (unpaired) electrons. The van der Waals surface area contributed by atoms with Crippen molar-refractivity contribution in [3.05, 3.63) is 88.1 Å². The lowest BCUT2D eigenvalue weighted by molar-refractivity contribution is 0.0878. The van der Waals surface area contributed by atoms with Gasteiger partial charge in [-0.1, -0.05) is 44.2 Å².